The van der Waals surface area contributed by atoms with E-state index in [0.29, 0.717) is 23.1 Å². The summed E-state index contributed by atoms with van der Waals surface area (Å²) >= 11 is 6.84. The molecule has 2 rings (SSSR count). The van der Waals surface area contributed by atoms with Crippen molar-refractivity contribution < 1.29 is 27.4 Å². The van der Waals surface area contributed by atoms with Crippen molar-refractivity contribution in [3.8, 4) is 11.5 Å². The number of nitrogen functional groups attached to an aromatic ring is 1. The molecule has 0 saturated heterocycles. The lowest BCUT2D eigenvalue weighted by Crippen LogP contribution is -2.25. The lowest BCUT2D eigenvalue weighted by Gasteiger charge is -2.22. The highest BCUT2D eigenvalue weighted by Gasteiger charge is 2.35. The van der Waals surface area contributed by atoms with E-state index in [4.69, 9.17) is 26.8 Å². The van der Waals surface area contributed by atoms with E-state index in [0.717, 1.165) is 18.0 Å². The molecule has 0 fully saturated rings. The molecule has 0 unspecified atom stereocenters. The minimum absolute atomic E-state index is 0.105. The molecule has 2 aromatic carbocycles. The molecule has 0 saturated carbocycles. The number of methoxy groups -OCH3 is 2. The second-order valence-corrected chi connectivity index (χ2v) is 6.87. The van der Waals surface area contributed by atoms with Gasteiger partial charge in [-0.3, -0.25) is 9.10 Å². The van der Waals surface area contributed by atoms with Gasteiger partial charge in [0.1, 0.15) is 0 Å². The number of ether oxygens (including phenoxy) is 2. The molecule has 2 N–H and O–H groups in total. The molecule has 0 radical (unpaired) electrons. The van der Waals surface area contributed by atoms with Crippen molar-refractivity contribution >= 4 is 35.1 Å². The van der Waals surface area contributed by atoms with Crippen LogP contribution in [0.1, 0.15) is 21.5 Å². The fourth-order valence-electron chi connectivity index (χ4n) is 2.53. The number of nitrogens with two attached hydrogens (primary N) is 1. The summed E-state index contributed by atoms with van der Waals surface area (Å²) in [5, 5.41) is -0.225. The van der Waals surface area contributed by atoms with Crippen molar-refractivity contribution in [1.82, 2.24) is 4.31 Å². The van der Waals surface area contributed by atoms with Crippen LogP contribution in [0.5, 0.6) is 11.5 Å². The Labute approximate surface area is 169 Å². The molecule has 5 nitrogen and oxygen atoms in total. The molecule has 0 bridgehead atoms. The SMILES string of the molecule is COc1ccc(CN(SC)C(=O)c2cc(Cl)cc(C(F)(F)F)c2N)cc1OC. The van der Waals surface area contributed by atoms with Crippen LogP contribution in [0.4, 0.5) is 18.9 Å². The number of carbonyl (C=O) groups excluding carboxylic acids is 1. The van der Waals surface area contributed by atoms with Crippen LogP contribution in [-0.4, -0.2) is 30.7 Å². The van der Waals surface area contributed by atoms with Gasteiger partial charge in [-0.25, -0.2) is 0 Å². The van der Waals surface area contributed by atoms with Crippen molar-refractivity contribution in [1.29, 1.82) is 0 Å². The van der Waals surface area contributed by atoms with Gasteiger partial charge in [-0.1, -0.05) is 29.6 Å². The second-order valence-electron chi connectivity index (χ2n) is 5.63. The summed E-state index contributed by atoms with van der Waals surface area (Å²) in [6, 6.07) is 6.91. The van der Waals surface area contributed by atoms with Gasteiger partial charge in [0.25, 0.3) is 5.91 Å². The van der Waals surface area contributed by atoms with E-state index in [1.807, 2.05) is 0 Å². The minimum Gasteiger partial charge on any atom is -0.493 e. The number of benzene rings is 2. The van der Waals surface area contributed by atoms with Crippen LogP contribution in [-0.2, 0) is 12.7 Å². The number of halogens is 4. The number of alkyl halides is 3. The summed E-state index contributed by atoms with van der Waals surface area (Å²) < 4.78 is 51.2. The Morgan fingerprint density at radius 2 is 1.82 bits per heavy atom. The van der Waals surface area contributed by atoms with E-state index >= 15 is 0 Å². The highest BCUT2D eigenvalue weighted by atomic mass is 35.5. The lowest BCUT2D eigenvalue weighted by molar-refractivity contribution is -0.136. The van der Waals surface area contributed by atoms with E-state index < -0.39 is 23.3 Å². The standard InChI is InChI=1S/C18H18ClF3N2O3S/c1-26-14-5-4-10(6-15(14)27-2)9-24(28-3)17(25)12-7-11(19)8-13(16(12)23)18(20,21)22/h4-8H,9,23H2,1-3H3. The maximum atomic E-state index is 13.2. The minimum atomic E-state index is -4.72. The molecule has 0 atom stereocenters. The molecule has 0 spiro atoms. The first-order valence-electron chi connectivity index (χ1n) is 7.85. The normalized spacial score (nSPS) is 11.2. The topological polar surface area (TPSA) is 64.8 Å². The molecule has 1 amide bonds. The molecular weight excluding hydrogens is 417 g/mol. The van der Waals surface area contributed by atoms with E-state index in [9.17, 15) is 18.0 Å². The monoisotopic (exact) mass is 434 g/mol. The fraction of sp³-hybridized carbons (Fsp3) is 0.278. The smallest absolute Gasteiger partial charge is 0.418 e. The number of hydrogen-bond acceptors (Lipinski definition) is 5. The molecule has 10 heteroatoms. The zero-order valence-corrected chi connectivity index (χ0v) is 16.8. The van der Waals surface area contributed by atoms with E-state index in [1.54, 1.807) is 24.5 Å². The third kappa shape index (κ3) is 4.77. The average molecular weight is 435 g/mol. The zero-order chi connectivity index (χ0) is 21.1. The van der Waals surface area contributed by atoms with E-state index in [1.165, 1.54) is 18.5 Å². The molecular formula is C18H18ClF3N2O3S. The second kappa shape index (κ2) is 8.83. The van der Waals surface area contributed by atoms with Crippen molar-refractivity contribution in [2.45, 2.75) is 12.7 Å². The molecule has 0 aliphatic carbocycles. The van der Waals surface area contributed by atoms with Crippen molar-refractivity contribution in [3.63, 3.8) is 0 Å². The molecule has 2 aromatic rings. The third-order valence-corrected chi connectivity index (χ3v) is 4.86. The van der Waals surface area contributed by atoms with Gasteiger partial charge in [0.15, 0.2) is 11.5 Å². The van der Waals surface area contributed by atoms with Gasteiger partial charge in [-0.05, 0) is 29.8 Å². The molecule has 0 aliphatic rings. The summed E-state index contributed by atoms with van der Waals surface area (Å²) in [7, 11) is 2.97. The summed E-state index contributed by atoms with van der Waals surface area (Å²) in [4.78, 5) is 12.9. The van der Waals surface area contributed by atoms with Gasteiger partial charge in [0.05, 0.1) is 37.6 Å². The molecule has 0 aromatic heterocycles. The molecule has 152 valence electrons. The number of carbonyl (C=O) groups is 1. The van der Waals surface area contributed by atoms with Crippen LogP contribution in [0.2, 0.25) is 5.02 Å². The Morgan fingerprint density at radius 1 is 1.18 bits per heavy atom. The number of nitrogens with zero attached hydrogens (tertiary/aromatic N) is 1. The summed E-state index contributed by atoms with van der Waals surface area (Å²) in [5.41, 5.74) is 4.22. The van der Waals surface area contributed by atoms with Crippen LogP contribution in [0.3, 0.4) is 0 Å². The van der Waals surface area contributed by atoms with Gasteiger partial charge in [-0.15, -0.1) is 0 Å². The highest BCUT2D eigenvalue weighted by Crippen LogP contribution is 2.38. The Kier molecular flexibility index (Phi) is 6.95. The van der Waals surface area contributed by atoms with E-state index in [2.05, 4.69) is 0 Å². The lowest BCUT2D eigenvalue weighted by atomic mass is 10.1. The van der Waals surface area contributed by atoms with E-state index in [-0.39, 0.29) is 17.1 Å². The van der Waals surface area contributed by atoms with Crippen molar-refractivity contribution in [2.24, 2.45) is 0 Å². The average Bonchev–Trinajstić information content (AvgIpc) is 2.65. The fourth-order valence-corrected chi connectivity index (χ4v) is 3.29. The Balaban J connectivity index is 2.38. The van der Waals surface area contributed by atoms with Gasteiger partial charge in [0, 0.05) is 11.3 Å². The first-order valence-corrected chi connectivity index (χ1v) is 9.41. The van der Waals surface area contributed by atoms with Gasteiger partial charge in [-0.2, -0.15) is 13.2 Å². The number of amides is 1. The maximum Gasteiger partial charge on any atom is 0.418 e. The molecule has 0 aliphatic heterocycles. The number of rotatable bonds is 6. The Bertz CT molecular complexity index is 878. The first kappa shape index (κ1) is 22.0. The van der Waals surface area contributed by atoms with Crippen LogP contribution in [0.15, 0.2) is 30.3 Å². The van der Waals surface area contributed by atoms with Gasteiger partial charge < -0.3 is 15.2 Å². The predicted molar refractivity (Wildman–Crippen MR) is 104 cm³/mol. The maximum absolute atomic E-state index is 13.2. The predicted octanol–water partition coefficient (Wildman–Crippen LogP) is 4.88. The number of anilines is 1. The Morgan fingerprint density at radius 3 is 2.36 bits per heavy atom. The van der Waals surface area contributed by atoms with Crippen LogP contribution in [0.25, 0.3) is 0 Å². The zero-order valence-electron chi connectivity index (χ0n) is 15.3. The number of hydrogen-bond donors (Lipinski definition) is 1. The summed E-state index contributed by atoms with van der Waals surface area (Å²) in [6.45, 7) is 0.105. The Hall–Kier alpha value is -2.26. The quantitative estimate of drug-likeness (QED) is 0.518. The van der Waals surface area contributed by atoms with Crippen molar-refractivity contribution in [3.05, 3.63) is 52.0 Å². The van der Waals surface area contributed by atoms with Crippen molar-refractivity contribution in [2.75, 3.05) is 26.2 Å². The molecule has 0 heterocycles. The van der Waals surface area contributed by atoms with Gasteiger partial charge in [0.2, 0.25) is 0 Å². The van der Waals surface area contributed by atoms with Crippen LogP contribution < -0.4 is 15.2 Å². The molecule has 28 heavy (non-hydrogen) atoms. The largest absolute Gasteiger partial charge is 0.493 e. The highest BCUT2D eigenvalue weighted by molar-refractivity contribution is 7.96. The van der Waals surface area contributed by atoms with Gasteiger partial charge >= 0.3 is 6.18 Å². The first-order chi connectivity index (χ1) is 13.1. The van der Waals surface area contributed by atoms with Crippen LogP contribution in [0, 0.1) is 0 Å². The summed E-state index contributed by atoms with van der Waals surface area (Å²) in [6.07, 6.45) is -3.10. The van der Waals surface area contributed by atoms with Crippen LogP contribution >= 0.6 is 23.5 Å². The third-order valence-electron chi connectivity index (χ3n) is 3.90. The summed E-state index contributed by atoms with van der Waals surface area (Å²) in [5.74, 6) is 0.296.